The van der Waals surface area contributed by atoms with Crippen LogP contribution in [0.2, 0.25) is 0 Å². The highest BCUT2D eigenvalue weighted by atomic mass is 31.0. The molecule has 0 aromatic heterocycles. The van der Waals surface area contributed by atoms with Gasteiger partial charge in [-0.25, -0.2) is 123 Å². The molecule has 0 N–H and O–H groups in total. The zero-order valence-corrected chi connectivity index (χ0v) is 36.0. The first-order valence-corrected chi connectivity index (χ1v) is 19.8. The largest absolute Gasteiger partial charge is 0.205 e. The van der Waals surface area contributed by atoms with E-state index in [9.17, 15) is 39.5 Å². The lowest BCUT2D eigenvalue weighted by atomic mass is 9.91. The number of hydrogen-bond donors (Lipinski definition) is 0. The van der Waals surface area contributed by atoms with E-state index < -0.39 is 251 Å². The molecule has 0 nitrogen and oxygen atoms in total. The Bertz CT molecular complexity index is 3590. The van der Waals surface area contributed by atoms with Crippen LogP contribution in [-0.2, 0) is 0 Å². The van der Waals surface area contributed by atoms with Gasteiger partial charge >= 0.3 is 0 Å². The molecule has 0 fully saturated rings. The Morgan fingerprint density at radius 1 is 0.122 bits per heavy atom. The minimum Gasteiger partial charge on any atom is -0.205 e. The summed E-state index contributed by atoms with van der Waals surface area (Å²) in [7, 11) is 2.29. The fourth-order valence-electron chi connectivity index (χ4n) is 7.86. The minimum absolute atomic E-state index is 1.06. The molecule has 386 valence electrons. The lowest BCUT2D eigenvalue weighted by Crippen LogP contribution is -2.19. The van der Waals surface area contributed by atoms with Crippen LogP contribution in [0.4, 0.5) is 123 Å². The molecule has 0 amide bonds. The maximum Gasteiger partial charge on any atom is 0.198 e. The van der Waals surface area contributed by atoms with Crippen molar-refractivity contribution in [2.45, 2.75) is 0 Å². The van der Waals surface area contributed by atoms with Gasteiger partial charge in [0, 0.05) is 21.8 Å². The molecule has 2 atom stereocenters. The van der Waals surface area contributed by atoms with Crippen LogP contribution in [0.3, 0.4) is 0 Å². The van der Waals surface area contributed by atoms with Crippen molar-refractivity contribution in [2.24, 2.45) is 0 Å². The van der Waals surface area contributed by atoms with Gasteiger partial charge in [0.1, 0.15) is 11.6 Å². The van der Waals surface area contributed by atoms with E-state index in [0.717, 1.165) is 9.24 Å². The van der Waals surface area contributed by atoms with Crippen LogP contribution < -0.4 is 10.6 Å². The molecule has 0 radical (unpaired) electrons. The number of hydrogen-bond acceptors (Lipinski definition) is 0. The summed E-state index contributed by atoms with van der Waals surface area (Å²) in [5.74, 6) is -86.5. The molecule has 0 heterocycles. The molecule has 0 aliphatic rings. The lowest BCUT2D eigenvalue weighted by Gasteiger charge is -2.20. The smallest absolute Gasteiger partial charge is 0.198 e. The minimum atomic E-state index is -3.47. The predicted molar refractivity (Wildman–Crippen MR) is 206 cm³/mol. The maximum absolute atomic E-state index is 16.0. The van der Waals surface area contributed by atoms with Crippen molar-refractivity contribution >= 4 is 50.6 Å². The molecule has 0 spiro atoms. The van der Waals surface area contributed by atoms with Crippen LogP contribution in [0.1, 0.15) is 0 Å². The van der Waals surface area contributed by atoms with Crippen molar-refractivity contribution in [1.82, 2.24) is 0 Å². The van der Waals surface area contributed by atoms with Gasteiger partial charge in [-0.15, -0.1) is 18.5 Å². The summed E-state index contributed by atoms with van der Waals surface area (Å²) in [5.41, 5.74) is -27.3. The highest BCUT2D eigenvalue weighted by Gasteiger charge is 2.42. The highest BCUT2D eigenvalue weighted by molar-refractivity contribution is 7.29. The first kappa shape index (κ1) is 53.5. The molecular weight excluding hydrogens is 1120 g/mol. The van der Waals surface area contributed by atoms with Gasteiger partial charge in [0.25, 0.3) is 0 Å². The van der Waals surface area contributed by atoms with E-state index in [1.54, 1.807) is 0 Å². The zero-order chi connectivity index (χ0) is 55.4. The van der Waals surface area contributed by atoms with E-state index in [2.05, 4.69) is 0 Å². The average Bonchev–Trinajstić information content (AvgIpc) is 3.35. The van der Waals surface area contributed by atoms with E-state index >= 15 is 83.4 Å². The molecule has 8 aromatic rings. The van der Waals surface area contributed by atoms with Gasteiger partial charge in [-0.3, -0.25) is 0 Å². The van der Waals surface area contributed by atoms with Crippen LogP contribution in [0.15, 0.2) is 0 Å². The lowest BCUT2D eigenvalue weighted by molar-refractivity contribution is 0.412. The molecule has 30 heteroatoms. The summed E-state index contributed by atoms with van der Waals surface area (Å²) in [5, 5.41) is -12.0. The van der Waals surface area contributed by atoms with Gasteiger partial charge in [-0.2, -0.15) is 0 Å². The average molecular weight is 1130 g/mol. The van der Waals surface area contributed by atoms with Gasteiger partial charge in [0.15, 0.2) is 151 Å². The molecule has 74 heavy (non-hydrogen) atoms. The quantitative estimate of drug-likeness (QED) is 0.0697. The molecule has 0 saturated heterocycles. The van der Waals surface area contributed by atoms with E-state index in [1.165, 1.54) is 9.24 Å². The molecular formula is C44H4F28P2. The second kappa shape index (κ2) is 17.9. The van der Waals surface area contributed by atoms with Crippen molar-refractivity contribution in [3.05, 3.63) is 163 Å². The van der Waals surface area contributed by atoms with Crippen LogP contribution in [0.5, 0.6) is 0 Å². The first-order chi connectivity index (χ1) is 34.3. The standard InChI is InChI=1S/C44H4F28P2/c45-15-1(16(46)19(49)4-2(15)32(62)39(69)40(70)33(4)63)3-17(47)20(50)5(21(51)18(3)48)6-22(52)24(54)7(25(55)23(6)53)8-26(56)28(58)9(29(59)27(8)57)10-30(60)36(66)14(44(74)38(10)68)13-35(65)31(61)11-12(43(13)73)37(67)42(72)41(71)34(11)64/h73-74H2. The van der Waals surface area contributed by atoms with Crippen molar-refractivity contribution < 1.29 is 123 Å². The summed E-state index contributed by atoms with van der Waals surface area (Å²) in [6.45, 7) is 0. The van der Waals surface area contributed by atoms with Crippen LogP contribution >= 0.6 is 18.5 Å². The monoisotopic (exact) mass is 1130 g/mol. The van der Waals surface area contributed by atoms with E-state index in [-0.39, 0.29) is 0 Å². The Morgan fingerprint density at radius 2 is 0.270 bits per heavy atom. The van der Waals surface area contributed by atoms with Gasteiger partial charge in [0.05, 0.1) is 60.7 Å². The van der Waals surface area contributed by atoms with Gasteiger partial charge < -0.3 is 0 Å². The molecule has 8 aromatic carbocycles. The fraction of sp³-hybridized carbons (Fsp3) is 0. The summed E-state index contributed by atoms with van der Waals surface area (Å²) in [6.07, 6.45) is 0. The van der Waals surface area contributed by atoms with Crippen molar-refractivity contribution in [3.63, 3.8) is 0 Å². The number of rotatable bonds is 5. The zero-order valence-electron chi connectivity index (χ0n) is 33.7. The van der Waals surface area contributed by atoms with Gasteiger partial charge in [0.2, 0.25) is 0 Å². The number of benzene rings is 8. The maximum atomic E-state index is 16.0. The third-order valence-corrected chi connectivity index (χ3v) is 12.3. The summed E-state index contributed by atoms with van der Waals surface area (Å²) >= 11 is 0. The van der Waals surface area contributed by atoms with Crippen molar-refractivity contribution in [2.75, 3.05) is 0 Å². The van der Waals surface area contributed by atoms with E-state index in [4.69, 9.17) is 0 Å². The van der Waals surface area contributed by atoms with Gasteiger partial charge in [-0.05, 0) is 5.30 Å². The third kappa shape index (κ3) is 6.91. The second-order valence-corrected chi connectivity index (χ2v) is 16.0. The number of halogens is 28. The topological polar surface area (TPSA) is 0 Å². The Morgan fingerprint density at radius 3 is 0.554 bits per heavy atom. The number of fused-ring (bicyclic) bond motifs is 2. The molecule has 0 aliphatic heterocycles. The molecule has 0 bridgehead atoms. The molecule has 0 aliphatic carbocycles. The van der Waals surface area contributed by atoms with E-state index in [1.807, 2.05) is 0 Å². The fourth-order valence-corrected chi connectivity index (χ4v) is 8.81. The SMILES string of the molecule is Fc1c(F)c(-c2c(F)c(F)c(-c3c(F)c(F)c4c(F)c(F)c(F)c(F)c4c3F)c(F)c2F)c(F)c(F)c1-c1c(F)c(F)c(-c2c(F)c(F)c(-c3c(F)c(F)c4c(F)c(F)c(F)c(F)c4c3P)c(P)c2F)c(F)c1F. The predicted octanol–water partition coefficient (Wildman–Crippen LogP) is 15.2. The molecule has 2 unspecified atom stereocenters. The highest BCUT2D eigenvalue weighted by Crippen LogP contribution is 2.48. The summed E-state index contributed by atoms with van der Waals surface area (Å²) in [4.78, 5) is 0. The molecule has 0 saturated carbocycles. The van der Waals surface area contributed by atoms with Gasteiger partial charge in [-0.1, -0.05) is 0 Å². The van der Waals surface area contributed by atoms with Crippen LogP contribution in [0, 0.1) is 163 Å². The third-order valence-electron chi connectivity index (χ3n) is 11.2. The Hall–Kier alpha value is -6.82. The van der Waals surface area contributed by atoms with Crippen LogP contribution in [-0.4, -0.2) is 0 Å². The first-order valence-electron chi connectivity index (χ1n) is 18.6. The van der Waals surface area contributed by atoms with Crippen LogP contribution in [0.25, 0.3) is 77.2 Å². The Labute approximate surface area is 391 Å². The normalized spacial score (nSPS) is 11.9. The Balaban J connectivity index is 1.32. The van der Waals surface area contributed by atoms with E-state index in [0.29, 0.717) is 0 Å². The van der Waals surface area contributed by atoms with Crippen molar-refractivity contribution in [3.8, 4) is 55.6 Å². The molecule has 8 rings (SSSR count). The summed E-state index contributed by atoms with van der Waals surface area (Å²) in [6, 6.07) is 0. The summed E-state index contributed by atoms with van der Waals surface area (Å²) < 4.78 is 425. The Kier molecular flexibility index (Phi) is 13.0. The van der Waals surface area contributed by atoms with Crippen molar-refractivity contribution in [1.29, 1.82) is 0 Å². The second-order valence-electron chi connectivity index (χ2n) is 14.9.